The fourth-order valence-corrected chi connectivity index (χ4v) is 3.61. The zero-order chi connectivity index (χ0) is 17.9. The number of nitrogens with zero attached hydrogens (tertiary/aromatic N) is 3. The Morgan fingerprint density at radius 3 is 3.12 bits per heavy atom. The average molecular weight is 352 g/mol. The number of hydrogen-bond acceptors (Lipinski definition) is 4. The summed E-state index contributed by atoms with van der Waals surface area (Å²) in [7, 11) is 0. The summed E-state index contributed by atoms with van der Waals surface area (Å²) < 4.78 is 7.79. The number of carbonyl (C=O) groups is 1. The molecular formula is C20H24N4O2. The van der Waals surface area contributed by atoms with Crippen LogP contribution in [0.2, 0.25) is 0 Å². The highest BCUT2D eigenvalue weighted by Crippen LogP contribution is 2.22. The van der Waals surface area contributed by atoms with Crippen molar-refractivity contribution in [3.05, 3.63) is 47.2 Å². The minimum atomic E-state index is 0.00359. The second-order valence-corrected chi connectivity index (χ2v) is 7.03. The quantitative estimate of drug-likeness (QED) is 0.766. The predicted molar refractivity (Wildman–Crippen MR) is 98.9 cm³/mol. The second-order valence-electron chi connectivity index (χ2n) is 7.03. The number of benzene rings is 1. The van der Waals surface area contributed by atoms with E-state index < -0.39 is 0 Å². The van der Waals surface area contributed by atoms with E-state index in [1.807, 2.05) is 25.1 Å². The van der Waals surface area contributed by atoms with Crippen molar-refractivity contribution in [3.8, 4) is 0 Å². The van der Waals surface area contributed by atoms with Crippen LogP contribution >= 0.6 is 0 Å². The first-order valence-corrected chi connectivity index (χ1v) is 9.35. The van der Waals surface area contributed by atoms with Crippen molar-refractivity contribution in [2.45, 2.75) is 52.0 Å². The van der Waals surface area contributed by atoms with E-state index >= 15 is 0 Å². The molecule has 1 aliphatic heterocycles. The highest BCUT2D eigenvalue weighted by atomic mass is 16.3. The van der Waals surface area contributed by atoms with Gasteiger partial charge in [-0.3, -0.25) is 4.79 Å². The molecule has 1 aromatic carbocycles. The summed E-state index contributed by atoms with van der Waals surface area (Å²) in [5.74, 6) is 2.07. The van der Waals surface area contributed by atoms with E-state index in [1.165, 1.54) is 19.3 Å². The highest BCUT2D eigenvalue weighted by molar-refractivity contribution is 5.87. The van der Waals surface area contributed by atoms with E-state index in [4.69, 9.17) is 4.42 Å². The number of fused-ring (bicyclic) bond motifs is 2. The van der Waals surface area contributed by atoms with Gasteiger partial charge in [0.15, 0.2) is 0 Å². The summed E-state index contributed by atoms with van der Waals surface area (Å²) in [4.78, 5) is 12.3. The van der Waals surface area contributed by atoms with Gasteiger partial charge in [0.1, 0.15) is 17.2 Å². The minimum absolute atomic E-state index is 0.00359. The molecule has 3 aromatic rings. The lowest BCUT2D eigenvalue weighted by atomic mass is 10.1. The van der Waals surface area contributed by atoms with Gasteiger partial charge in [0.2, 0.25) is 5.91 Å². The van der Waals surface area contributed by atoms with Crippen molar-refractivity contribution >= 4 is 16.9 Å². The Kier molecular flexibility index (Phi) is 4.73. The summed E-state index contributed by atoms with van der Waals surface area (Å²) in [6.45, 7) is 3.59. The predicted octanol–water partition coefficient (Wildman–Crippen LogP) is 2.96. The molecule has 6 heteroatoms. The molecular weight excluding hydrogens is 328 g/mol. The lowest BCUT2D eigenvalue weighted by Crippen LogP contribution is -2.28. The zero-order valence-corrected chi connectivity index (χ0v) is 15.1. The van der Waals surface area contributed by atoms with E-state index in [0.29, 0.717) is 19.4 Å². The highest BCUT2D eigenvalue weighted by Gasteiger charge is 2.15. The van der Waals surface area contributed by atoms with Crippen molar-refractivity contribution < 1.29 is 9.21 Å². The fraction of sp³-hybridized carbons (Fsp3) is 0.450. The van der Waals surface area contributed by atoms with Gasteiger partial charge < -0.3 is 14.3 Å². The molecule has 0 fully saturated rings. The van der Waals surface area contributed by atoms with Gasteiger partial charge in [0.25, 0.3) is 0 Å². The molecule has 26 heavy (non-hydrogen) atoms. The third-order valence-electron chi connectivity index (χ3n) is 5.02. The fourth-order valence-electron chi connectivity index (χ4n) is 3.61. The molecule has 0 radical (unpaired) electrons. The molecule has 6 nitrogen and oxygen atoms in total. The molecule has 0 spiro atoms. The Labute approximate surface area is 152 Å². The zero-order valence-electron chi connectivity index (χ0n) is 15.1. The number of amides is 1. The topological polar surface area (TPSA) is 73.0 Å². The molecule has 3 heterocycles. The third-order valence-corrected chi connectivity index (χ3v) is 5.02. The van der Waals surface area contributed by atoms with Crippen LogP contribution in [-0.4, -0.2) is 27.2 Å². The number of carbonyl (C=O) groups excluding carboxylic acids is 1. The Morgan fingerprint density at radius 1 is 1.27 bits per heavy atom. The maximum Gasteiger partial charge on any atom is 0.224 e. The third kappa shape index (κ3) is 3.49. The van der Waals surface area contributed by atoms with Crippen molar-refractivity contribution in [1.29, 1.82) is 0 Å². The van der Waals surface area contributed by atoms with Crippen molar-refractivity contribution in [2.75, 3.05) is 6.54 Å². The van der Waals surface area contributed by atoms with E-state index in [0.717, 1.165) is 46.7 Å². The van der Waals surface area contributed by atoms with Gasteiger partial charge in [0, 0.05) is 36.9 Å². The largest absolute Gasteiger partial charge is 0.464 e. The molecule has 0 aliphatic carbocycles. The van der Waals surface area contributed by atoms with Crippen LogP contribution in [0.4, 0.5) is 0 Å². The lowest BCUT2D eigenvalue weighted by Gasteiger charge is -2.08. The summed E-state index contributed by atoms with van der Waals surface area (Å²) >= 11 is 0. The van der Waals surface area contributed by atoms with Crippen LogP contribution in [0.25, 0.3) is 11.0 Å². The van der Waals surface area contributed by atoms with Crippen molar-refractivity contribution in [1.82, 2.24) is 20.1 Å². The summed E-state index contributed by atoms with van der Waals surface area (Å²) in [5, 5.41) is 12.6. The lowest BCUT2D eigenvalue weighted by molar-refractivity contribution is -0.120. The van der Waals surface area contributed by atoms with E-state index in [2.05, 4.69) is 20.1 Å². The normalized spacial score (nSPS) is 14.2. The number of aromatic nitrogens is 3. The summed E-state index contributed by atoms with van der Waals surface area (Å²) in [6.07, 6.45) is 7.34. The molecule has 1 amide bonds. The maximum absolute atomic E-state index is 12.3. The second kappa shape index (κ2) is 7.32. The standard InChI is InChI=1S/C20H24N4O2/c1-14-6-7-16-15(13-26-17(16)11-14)12-20(25)21-9-8-19-23-22-18-5-3-2-4-10-24(18)19/h6-7,11,13H,2-5,8-10,12H2,1H3,(H,21,25). The molecule has 4 rings (SSSR count). The molecule has 136 valence electrons. The number of rotatable bonds is 5. The Balaban J connectivity index is 1.34. The van der Waals surface area contributed by atoms with E-state index in [1.54, 1.807) is 6.26 Å². The first-order chi connectivity index (χ1) is 12.7. The van der Waals surface area contributed by atoms with Gasteiger partial charge in [-0.05, 0) is 31.4 Å². The summed E-state index contributed by atoms with van der Waals surface area (Å²) in [6, 6.07) is 6.05. The maximum atomic E-state index is 12.3. The Morgan fingerprint density at radius 2 is 2.19 bits per heavy atom. The van der Waals surface area contributed by atoms with Crippen LogP contribution in [0, 0.1) is 6.92 Å². The van der Waals surface area contributed by atoms with Gasteiger partial charge >= 0.3 is 0 Å². The monoisotopic (exact) mass is 352 g/mol. The number of aryl methyl sites for hydroxylation is 2. The van der Waals surface area contributed by atoms with E-state index in [-0.39, 0.29) is 5.91 Å². The number of furan rings is 1. The van der Waals surface area contributed by atoms with Crippen LogP contribution in [0.15, 0.2) is 28.9 Å². The van der Waals surface area contributed by atoms with Crippen LogP contribution < -0.4 is 5.32 Å². The molecule has 0 bridgehead atoms. The molecule has 0 saturated carbocycles. The van der Waals surface area contributed by atoms with Gasteiger partial charge in [-0.1, -0.05) is 18.6 Å². The van der Waals surface area contributed by atoms with Crippen LogP contribution in [0.5, 0.6) is 0 Å². The van der Waals surface area contributed by atoms with Gasteiger partial charge in [-0.25, -0.2) is 0 Å². The van der Waals surface area contributed by atoms with E-state index in [9.17, 15) is 4.79 Å². The number of hydrogen-bond donors (Lipinski definition) is 1. The van der Waals surface area contributed by atoms with Crippen LogP contribution in [0.1, 0.15) is 42.0 Å². The molecule has 1 N–H and O–H groups in total. The SMILES string of the molecule is Cc1ccc2c(CC(=O)NCCc3nnc4n3CCCCC4)coc2c1. The Bertz CT molecular complexity index is 925. The van der Waals surface area contributed by atoms with Crippen molar-refractivity contribution in [3.63, 3.8) is 0 Å². The van der Waals surface area contributed by atoms with Crippen LogP contribution in [0.3, 0.4) is 0 Å². The molecule has 0 saturated heterocycles. The Hall–Kier alpha value is -2.63. The molecule has 0 atom stereocenters. The van der Waals surface area contributed by atoms with Gasteiger partial charge in [-0.2, -0.15) is 0 Å². The van der Waals surface area contributed by atoms with Crippen LogP contribution in [-0.2, 0) is 30.6 Å². The average Bonchev–Trinajstić information content (AvgIpc) is 3.10. The molecule has 0 unspecified atom stereocenters. The van der Waals surface area contributed by atoms with Crippen molar-refractivity contribution in [2.24, 2.45) is 0 Å². The molecule has 2 aromatic heterocycles. The van der Waals surface area contributed by atoms with Gasteiger partial charge in [0.05, 0.1) is 12.7 Å². The molecule has 1 aliphatic rings. The summed E-state index contributed by atoms with van der Waals surface area (Å²) in [5.41, 5.74) is 2.91. The smallest absolute Gasteiger partial charge is 0.224 e. The first-order valence-electron chi connectivity index (χ1n) is 9.35. The van der Waals surface area contributed by atoms with Gasteiger partial charge in [-0.15, -0.1) is 10.2 Å². The number of nitrogens with one attached hydrogen (secondary N) is 1. The minimum Gasteiger partial charge on any atom is -0.464 e. The first kappa shape index (κ1) is 16.8.